The highest BCUT2D eigenvalue weighted by molar-refractivity contribution is 5.99. The van der Waals surface area contributed by atoms with Crippen LogP contribution >= 0.6 is 0 Å². The molecule has 0 saturated heterocycles. The van der Waals surface area contributed by atoms with Crippen LogP contribution < -0.4 is 0 Å². The molecule has 0 amide bonds. The molecule has 0 spiro atoms. The smallest absolute Gasteiger partial charge is 0.323 e. The predicted octanol–water partition coefficient (Wildman–Crippen LogP) is 2.27. The average molecular weight is 250 g/mol. The van der Waals surface area contributed by atoms with Gasteiger partial charge < -0.3 is 9.84 Å². The van der Waals surface area contributed by atoms with Gasteiger partial charge in [-0.15, -0.1) is 0 Å². The molecule has 0 heterocycles. The van der Waals surface area contributed by atoms with Crippen molar-refractivity contribution in [3.63, 3.8) is 0 Å². The van der Waals surface area contributed by atoms with Crippen molar-refractivity contribution >= 4 is 11.9 Å². The van der Waals surface area contributed by atoms with Crippen molar-refractivity contribution in [3.8, 4) is 0 Å². The molecule has 1 N–H and O–H groups in total. The lowest BCUT2D eigenvalue weighted by atomic mass is 9.79. The first-order valence-electron chi connectivity index (χ1n) is 5.92. The minimum atomic E-state index is -1.44. The quantitative estimate of drug-likeness (QED) is 0.621. The fraction of sp³-hybridized carbons (Fsp3) is 0.429. The van der Waals surface area contributed by atoms with Gasteiger partial charge in [0.2, 0.25) is 0 Å². The second-order valence-corrected chi connectivity index (χ2v) is 4.22. The summed E-state index contributed by atoms with van der Waals surface area (Å²) in [6.45, 7) is 1.69. The molecule has 0 unspecified atom stereocenters. The normalized spacial score (nSPS) is 13.7. The second kappa shape index (κ2) is 6.19. The summed E-state index contributed by atoms with van der Waals surface area (Å²) in [5.41, 5.74) is -0.426. The van der Waals surface area contributed by atoms with Gasteiger partial charge in [0, 0.05) is 0 Å². The monoisotopic (exact) mass is 250 g/mol. The lowest BCUT2D eigenvalue weighted by molar-refractivity contribution is -0.167. The third kappa shape index (κ3) is 2.88. The number of methoxy groups -OCH3 is 1. The van der Waals surface area contributed by atoms with E-state index in [2.05, 4.69) is 4.74 Å². The molecule has 0 aromatic heterocycles. The Hall–Kier alpha value is -1.84. The van der Waals surface area contributed by atoms with Crippen molar-refractivity contribution in [3.05, 3.63) is 35.9 Å². The Bertz CT molecular complexity index is 413. The molecule has 98 valence electrons. The number of benzene rings is 1. The minimum Gasteiger partial charge on any atom is -0.480 e. The van der Waals surface area contributed by atoms with Crippen LogP contribution in [0.2, 0.25) is 0 Å². The zero-order valence-corrected chi connectivity index (χ0v) is 10.7. The van der Waals surface area contributed by atoms with Gasteiger partial charge in [0.1, 0.15) is 0 Å². The minimum absolute atomic E-state index is 0.224. The summed E-state index contributed by atoms with van der Waals surface area (Å²) in [5, 5.41) is 9.30. The van der Waals surface area contributed by atoms with Gasteiger partial charge in [-0.1, -0.05) is 37.3 Å². The van der Waals surface area contributed by atoms with E-state index in [0.29, 0.717) is 6.42 Å². The van der Waals surface area contributed by atoms with Gasteiger partial charge in [0.25, 0.3) is 0 Å². The van der Waals surface area contributed by atoms with Crippen molar-refractivity contribution in [1.82, 2.24) is 0 Å². The Morgan fingerprint density at radius 1 is 1.28 bits per heavy atom. The van der Waals surface area contributed by atoms with E-state index in [-0.39, 0.29) is 12.8 Å². The summed E-state index contributed by atoms with van der Waals surface area (Å²) in [4.78, 5) is 23.1. The molecule has 0 fully saturated rings. The highest BCUT2D eigenvalue weighted by atomic mass is 16.5. The van der Waals surface area contributed by atoms with E-state index in [1.165, 1.54) is 7.11 Å². The van der Waals surface area contributed by atoms with Crippen LogP contribution in [0.4, 0.5) is 0 Å². The Labute approximate surface area is 107 Å². The lowest BCUT2D eigenvalue weighted by Crippen LogP contribution is -2.40. The largest absolute Gasteiger partial charge is 0.480 e. The summed E-state index contributed by atoms with van der Waals surface area (Å²) in [6.07, 6.45) is 1.01. The van der Waals surface area contributed by atoms with Crippen molar-refractivity contribution in [2.24, 2.45) is 5.41 Å². The number of hydrogen-bond acceptors (Lipinski definition) is 3. The van der Waals surface area contributed by atoms with Crippen molar-refractivity contribution in [1.29, 1.82) is 0 Å². The molecule has 1 aromatic carbocycles. The van der Waals surface area contributed by atoms with E-state index in [0.717, 1.165) is 5.56 Å². The Kier molecular flexibility index (Phi) is 4.89. The number of aliphatic carboxylic acids is 1. The standard InChI is InChI=1S/C14H18O4/c1-3-14(12(15)16,13(17)18-2)10-9-11-7-5-4-6-8-11/h4-8H,3,9-10H2,1-2H3,(H,15,16)/t14-/m1/s1. The summed E-state index contributed by atoms with van der Waals surface area (Å²) in [6, 6.07) is 9.51. The van der Waals surface area contributed by atoms with Gasteiger partial charge in [-0.05, 0) is 24.8 Å². The van der Waals surface area contributed by atoms with Crippen LogP contribution in [0.5, 0.6) is 0 Å². The maximum Gasteiger partial charge on any atom is 0.323 e. The number of ether oxygens (including phenoxy) is 1. The van der Waals surface area contributed by atoms with E-state index in [4.69, 9.17) is 0 Å². The molecule has 0 saturated carbocycles. The van der Waals surface area contributed by atoms with Gasteiger partial charge in [0.05, 0.1) is 7.11 Å². The molecule has 0 aliphatic heterocycles. The number of carboxylic acid groups (broad SMARTS) is 1. The maximum absolute atomic E-state index is 11.7. The summed E-state index contributed by atoms with van der Waals surface area (Å²) >= 11 is 0. The van der Waals surface area contributed by atoms with Crippen molar-refractivity contribution in [2.75, 3.05) is 7.11 Å². The fourth-order valence-electron chi connectivity index (χ4n) is 1.97. The van der Waals surface area contributed by atoms with Gasteiger partial charge in [0.15, 0.2) is 5.41 Å². The maximum atomic E-state index is 11.7. The van der Waals surface area contributed by atoms with Crippen LogP contribution in [0.3, 0.4) is 0 Å². The zero-order chi connectivity index (χ0) is 13.6. The van der Waals surface area contributed by atoms with Crippen LogP contribution in [-0.2, 0) is 20.7 Å². The van der Waals surface area contributed by atoms with E-state index in [1.807, 2.05) is 30.3 Å². The molecule has 0 bridgehead atoms. The molecule has 1 aromatic rings. The predicted molar refractivity (Wildman–Crippen MR) is 67.1 cm³/mol. The summed E-state index contributed by atoms with van der Waals surface area (Å²) in [5.74, 6) is -1.79. The Morgan fingerprint density at radius 2 is 1.89 bits per heavy atom. The Balaban J connectivity index is 2.86. The molecule has 4 heteroatoms. The van der Waals surface area contributed by atoms with Gasteiger partial charge >= 0.3 is 11.9 Å². The first kappa shape index (κ1) is 14.2. The highest BCUT2D eigenvalue weighted by Crippen LogP contribution is 2.30. The molecule has 1 rings (SSSR count). The number of carbonyl (C=O) groups is 2. The molecular formula is C14H18O4. The molecular weight excluding hydrogens is 232 g/mol. The topological polar surface area (TPSA) is 63.6 Å². The van der Waals surface area contributed by atoms with Gasteiger partial charge in [-0.3, -0.25) is 9.59 Å². The number of hydrogen-bond donors (Lipinski definition) is 1. The lowest BCUT2D eigenvalue weighted by Gasteiger charge is -2.25. The molecule has 1 atom stereocenters. The van der Waals surface area contributed by atoms with E-state index >= 15 is 0 Å². The van der Waals surface area contributed by atoms with E-state index < -0.39 is 17.4 Å². The molecule has 0 radical (unpaired) electrons. The number of carboxylic acids is 1. The van der Waals surface area contributed by atoms with Crippen LogP contribution in [-0.4, -0.2) is 24.2 Å². The average Bonchev–Trinajstić information content (AvgIpc) is 2.40. The number of esters is 1. The van der Waals surface area contributed by atoms with Crippen molar-refractivity contribution < 1.29 is 19.4 Å². The number of aryl methyl sites for hydroxylation is 1. The molecule has 4 nitrogen and oxygen atoms in total. The van der Waals surface area contributed by atoms with Gasteiger partial charge in [-0.25, -0.2) is 0 Å². The molecule has 0 aliphatic rings. The fourth-order valence-corrected chi connectivity index (χ4v) is 1.97. The summed E-state index contributed by atoms with van der Waals surface area (Å²) < 4.78 is 4.64. The van der Waals surface area contributed by atoms with Crippen LogP contribution in [0.25, 0.3) is 0 Å². The highest BCUT2D eigenvalue weighted by Gasteiger charge is 2.45. The van der Waals surface area contributed by atoms with E-state index in [9.17, 15) is 14.7 Å². The number of rotatable bonds is 6. The van der Waals surface area contributed by atoms with Crippen molar-refractivity contribution in [2.45, 2.75) is 26.2 Å². The second-order valence-electron chi connectivity index (χ2n) is 4.22. The van der Waals surface area contributed by atoms with Crippen LogP contribution in [0.15, 0.2) is 30.3 Å². The third-order valence-corrected chi connectivity index (χ3v) is 3.27. The first-order chi connectivity index (χ1) is 8.56. The Morgan fingerprint density at radius 3 is 2.33 bits per heavy atom. The molecule has 0 aliphatic carbocycles. The molecule has 18 heavy (non-hydrogen) atoms. The van der Waals surface area contributed by atoms with E-state index in [1.54, 1.807) is 6.92 Å². The zero-order valence-electron chi connectivity index (χ0n) is 10.7. The van der Waals surface area contributed by atoms with Crippen LogP contribution in [0.1, 0.15) is 25.3 Å². The SMILES string of the molecule is CC[C@@](CCc1ccccc1)(C(=O)O)C(=O)OC. The number of carbonyl (C=O) groups excluding carboxylic acids is 1. The van der Waals surface area contributed by atoms with Crippen LogP contribution in [0, 0.1) is 5.41 Å². The van der Waals surface area contributed by atoms with Gasteiger partial charge in [-0.2, -0.15) is 0 Å². The summed E-state index contributed by atoms with van der Waals surface area (Å²) in [7, 11) is 1.22. The third-order valence-electron chi connectivity index (χ3n) is 3.27. The first-order valence-corrected chi connectivity index (χ1v) is 5.92.